The van der Waals surface area contributed by atoms with Crippen molar-refractivity contribution in [3.8, 4) is 0 Å². The molecule has 0 aromatic carbocycles. The third-order valence-electron chi connectivity index (χ3n) is 3.43. The predicted octanol–water partition coefficient (Wildman–Crippen LogP) is 0.143. The predicted molar refractivity (Wildman–Crippen MR) is 80.4 cm³/mol. The average molecular weight is 298 g/mol. The van der Waals surface area contributed by atoms with E-state index in [1.165, 1.54) is 0 Å². The van der Waals surface area contributed by atoms with Crippen LogP contribution in [0.1, 0.15) is 6.42 Å². The van der Waals surface area contributed by atoms with Crippen molar-refractivity contribution in [1.29, 1.82) is 0 Å². The van der Waals surface area contributed by atoms with Gasteiger partial charge in [-0.1, -0.05) is 6.07 Å². The molecule has 112 valence electrons. The zero-order valence-electron chi connectivity index (χ0n) is 11.8. The van der Waals surface area contributed by atoms with Crippen molar-refractivity contribution >= 4 is 15.8 Å². The molecule has 1 saturated heterocycles. The number of nitrogens with zero attached hydrogens (tertiary/aromatic N) is 3. The first-order valence-electron chi connectivity index (χ1n) is 6.92. The van der Waals surface area contributed by atoms with Gasteiger partial charge in [-0.3, -0.25) is 0 Å². The molecule has 1 fully saturated rings. The van der Waals surface area contributed by atoms with E-state index < -0.39 is 10.0 Å². The summed E-state index contributed by atoms with van der Waals surface area (Å²) in [7, 11) is -1.28. The van der Waals surface area contributed by atoms with Crippen LogP contribution in [-0.2, 0) is 10.0 Å². The summed E-state index contributed by atoms with van der Waals surface area (Å²) >= 11 is 0. The molecule has 1 N–H and O–H groups in total. The summed E-state index contributed by atoms with van der Waals surface area (Å²) in [6, 6.07) is 5.78. The van der Waals surface area contributed by atoms with Gasteiger partial charge in [-0.2, -0.15) is 4.31 Å². The molecule has 1 aliphatic rings. The van der Waals surface area contributed by atoms with Crippen molar-refractivity contribution < 1.29 is 8.42 Å². The molecule has 0 unspecified atom stereocenters. The normalized spacial score (nSPS) is 17.4. The van der Waals surface area contributed by atoms with Crippen LogP contribution < -0.4 is 10.2 Å². The minimum Gasteiger partial charge on any atom is -0.354 e. The number of hydrogen-bond acceptors (Lipinski definition) is 5. The van der Waals surface area contributed by atoms with Gasteiger partial charge in [-0.05, 0) is 32.1 Å². The lowest BCUT2D eigenvalue weighted by Crippen LogP contribution is -2.49. The van der Waals surface area contributed by atoms with Crippen molar-refractivity contribution in [3.63, 3.8) is 0 Å². The van der Waals surface area contributed by atoms with E-state index in [0.29, 0.717) is 32.6 Å². The summed E-state index contributed by atoms with van der Waals surface area (Å²) in [6.45, 7) is 3.20. The van der Waals surface area contributed by atoms with Gasteiger partial charge in [0.25, 0.3) is 0 Å². The molecule has 0 bridgehead atoms. The Hall–Kier alpha value is -1.18. The van der Waals surface area contributed by atoms with Crippen LogP contribution in [0.3, 0.4) is 0 Å². The van der Waals surface area contributed by atoms with Crippen LogP contribution in [0.4, 0.5) is 5.82 Å². The Balaban J connectivity index is 1.88. The first-order valence-corrected chi connectivity index (χ1v) is 8.53. The number of hydrogen-bond donors (Lipinski definition) is 1. The smallest absolute Gasteiger partial charge is 0.214 e. The molecule has 1 aliphatic heterocycles. The molecule has 6 nitrogen and oxygen atoms in total. The molecule has 0 saturated carbocycles. The Labute approximate surface area is 120 Å². The zero-order chi connectivity index (χ0) is 14.4. The molecule has 1 aromatic rings. The second kappa shape index (κ2) is 7.01. The van der Waals surface area contributed by atoms with E-state index in [2.05, 4.69) is 15.2 Å². The summed E-state index contributed by atoms with van der Waals surface area (Å²) in [6.07, 6.45) is 2.41. The van der Waals surface area contributed by atoms with E-state index in [-0.39, 0.29) is 5.75 Å². The van der Waals surface area contributed by atoms with Crippen LogP contribution in [0.15, 0.2) is 24.4 Å². The van der Waals surface area contributed by atoms with Crippen molar-refractivity contribution in [2.24, 2.45) is 0 Å². The van der Waals surface area contributed by atoms with Crippen molar-refractivity contribution in [3.05, 3.63) is 24.4 Å². The number of sulfonamides is 1. The summed E-state index contributed by atoms with van der Waals surface area (Å²) < 4.78 is 25.9. The molecule has 1 aromatic heterocycles. The van der Waals surface area contributed by atoms with Crippen LogP contribution in [-0.4, -0.2) is 63.2 Å². The number of pyridine rings is 1. The van der Waals surface area contributed by atoms with Crippen molar-refractivity contribution in [2.45, 2.75) is 6.42 Å². The van der Waals surface area contributed by atoms with Gasteiger partial charge >= 0.3 is 0 Å². The number of anilines is 1. The molecule has 0 aliphatic carbocycles. The molecule has 20 heavy (non-hydrogen) atoms. The monoisotopic (exact) mass is 298 g/mol. The lowest BCUT2D eigenvalue weighted by Gasteiger charge is -2.34. The Kier molecular flexibility index (Phi) is 5.33. The van der Waals surface area contributed by atoms with Crippen LogP contribution in [0.2, 0.25) is 0 Å². The molecular formula is C13H22N4O2S. The van der Waals surface area contributed by atoms with E-state index >= 15 is 0 Å². The third kappa shape index (κ3) is 3.91. The molecule has 2 heterocycles. The summed E-state index contributed by atoms with van der Waals surface area (Å²) in [5.41, 5.74) is 0. The average Bonchev–Trinajstić information content (AvgIpc) is 2.48. The fourth-order valence-electron chi connectivity index (χ4n) is 2.30. The first-order chi connectivity index (χ1) is 9.63. The van der Waals surface area contributed by atoms with Crippen LogP contribution >= 0.6 is 0 Å². The number of piperazine rings is 1. The van der Waals surface area contributed by atoms with E-state index in [0.717, 1.165) is 12.4 Å². The van der Waals surface area contributed by atoms with E-state index in [9.17, 15) is 8.42 Å². The highest BCUT2D eigenvalue weighted by atomic mass is 32.2. The Morgan fingerprint density at radius 1 is 1.25 bits per heavy atom. The Morgan fingerprint density at radius 3 is 2.60 bits per heavy atom. The van der Waals surface area contributed by atoms with E-state index in [1.807, 2.05) is 25.2 Å². The fourth-order valence-corrected chi connectivity index (χ4v) is 3.78. The minimum absolute atomic E-state index is 0.220. The topological polar surface area (TPSA) is 65.5 Å². The maximum absolute atomic E-state index is 12.2. The molecular weight excluding hydrogens is 276 g/mol. The van der Waals surface area contributed by atoms with Gasteiger partial charge in [0.2, 0.25) is 10.0 Å². The van der Waals surface area contributed by atoms with Gasteiger partial charge in [0, 0.05) is 32.4 Å². The van der Waals surface area contributed by atoms with Crippen LogP contribution in [0, 0.1) is 0 Å². The molecule has 0 spiro atoms. The van der Waals surface area contributed by atoms with Crippen LogP contribution in [0.5, 0.6) is 0 Å². The lowest BCUT2D eigenvalue weighted by molar-refractivity contribution is 0.383. The fraction of sp³-hybridized carbons (Fsp3) is 0.615. The zero-order valence-corrected chi connectivity index (χ0v) is 12.6. The highest BCUT2D eigenvalue weighted by Gasteiger charge is 2.26. The Bertz CT molecular complexity index is 498. The molecule has 0 atom stereocenters. The van der Waals surface area contributed by atoms with Gasteiger partial charge in [0.05, 0.1) is 5.75 Å². The van der Waals surface area contributed by atoms with E-state index in [1.54, 1.807) is 10.5 Å². The quantitative estimate of drug-likeness (QED) is 0.757. The summed E-state index contributed by atoms with van der Waals surface area (Å²) in [5.74, 6) is 1.14. The lowest BCUT2D eigenvalue weighted by atomic mass is 10.3. The molecule has 7 heteroatoms. The van der Waals surface area contributed by atoms with Gasteiger partial charge in [-0.15, -0.1) is 0 Å². The van der Waals surface area contributed by atoms with Crippen molar-refractivity contribution in [1.82, 2.24) is 14.6 Å². The number of rotatable bonds is 6. The van der Waals surface area contributed by atoms with Crippen LogP contribution in [0.25, 0.3) is 0 Å². The molecule has 0 radical (unpaired) electrons. The molecule has 2 rings (SSSR count). The largest absolute Gasteiger partial charge is 0.354 e. The number of aromatic nitrogens is 1. The maximum atomic E-state index is 12.2. The standard InChI is InChI=1S/C13H22N4O2S/c1-14-6-4-12-20(18,19)17-10-8-16(9-11-17)13-5-2-3-7-15-13/h2-3,5,7,14H,4,6,8-12H2,1H3. The highest BCUT2D eigenvalue weighted by molar-refractivity contribution is 7.89. The SMILES string of the molecule is CNCCCS(=O)(=O)N1CCN(c2ccccn2)CC1. The first kappa shape index (κ1) is 15.2. The minimum atomic E-state index is -3.11. The van der Waals surface area contributed by atoms with Gasteiger partial charge in [-0.25, -0.2) is 13.4 Å². The summed E-state index contributed by atoms with van der Waals surface area (Å²) in [5, 5.41) is 2.97. The third-order valence-corrected chi connectivity index (χ3v) is 5.39. The van der Waals surface area contributed by atoms with Gasteiger partial charge in [0.1, 0.15) is 5.82 Å². The second-order valence-electron chi connectivity index (χ2n) is 4.85. The number of nitrogens with one attached hydrogen (secondary N) is 1. The Morgan fingerprint density at radius 2 is 2.00 bits per heavy atom. The van der Waals surface area contributed by atoms with Gasteiger partial charge < -0.3 is 10.2 Å². The van der Waals surface area contributed by atoms with E-state index in [4.69, 9.17) is 0 Å². The van der Waals surface area contributed by atoms with Crippen molar-refractivity contribution in [2.75, 3.05) is 50.4 Å². The second-order valence-corrected chi connectivity index (χ2v) is 6.94. The molecule has 0 amide bonds. The highest BCUT2D eigenvalue weighted by Crippen LogP contribution is 2.15. The maximum Gasteiger partial charge on any atom is 0.214 e. The summed E-state index contributed by atoms with van der Waals surface area (Å²) in [4.78, 5) is 6.42. The van der Waals surface area contributed by atoms with Gasteiger partial charge in [0.15, 0.2) is 0 Å².